The summed E-state index contributed by atoms with van der Waals surface area (Å²) >= 11 is 2.77. The van der Waals surface area contributed by atoms with E-state index in [0.717, 1.165) is 9.99 Å². The van der Waals surface area contributed by atoms with Gasteiger partial charge in [0, 0.05) is 29.6 Å². The molecule has 0 fully saturated rings. The minimum absolute atomic E-state index is 0.172. The van der Waals surface area contributed by atoms with Crippen LogP contribution in [0.4, 0.5) is 0 Å². The number of carbonyl (C=O) groups excluding carboxylic acids is 1. The van der Waals surface area contributed by atoms with Gasteiger partial charge in [-0.2, -0.15) is 0 Å². The lowest BCUT2D eigenvalue weighted by Crippen LogP contribution is -2.43. The van der Waals surface area contributed by atoms with Gasteiger partial charge in [0.05, 0.1) is 30.0 Å². The molecule has 1 aliphatic heterocycles. The summed E-state index contributed by atoms with van der Waals surface area (Å²) < 4.78 is 19.3. The molecule has 10 heteroatoms. The predicted molar refractivity (Wildman–Crippen MR) is 161 cm³/mol. The van der Waals surface area contributed by atoms with Gasteiger partial charge in [-0.1, -0.05) is 41.3 Å². The molecule has 0 saturated carbocycles. The number of hydrogen-bond acceptors (Lipinski definition) is 8. The second-order valence-corrected chi connectivity index (χ2v) is 11.3. The largest absolute Gasteiger partial charge is 0.497 e. The second kappa shape index (κ2) is 12.2. The van der Waals surface area contributed by atoms with Crippen LogP contribution in [0.2, 0.25) is 0 Å². The van der Waals surface area contributed by atoms with Crippen molar-refractivity contribution < 1.29 is 18.7 Å². The van der Waals surface area contributed by atoms with Crippen molar-refractivity contribution in [2.24, 2.45) is 4.99 Å². The number of likely N-dealkylation sites (N-methyl/N-ethyl adjacent to an activating group) is 1. The van der Waals surface area contributed by atoms with Crippen LogP contribution in [-0.4, -0.2) is 42.7 Å². The van der Waals surface area contributed by atoms with Crippen molar-refractivity contribution in [3.05, 3.63) is 103 Å². The van der Waals surface area contributed by atoms with Crippen molar-refractivity contribution in [2.45, 2.75) is 36.8 Å². The van der Waals surface area contributed by atoms with Crippen LogP contribution < -0.4 is 24.4 Å². The minimum Gasteiger partial charge on any atom is -0.497 e. The van der Waals surface area contributed by atoms with Crippen LogP contribution in [0.1, 0.15) is 38.1 Å². The Morgan fingerprint density at radius 1 is 1.10 bits per heavy atom. The number of aromatic nitrogens is 1. The Morgan fingerprint density at radius 2 is 1.85 bits per heavy atom. The first-order chi connectivity index (χ1) is 19.9. The molecule has 0 bridgehead atoms. The van der Waals surface area contributed by atoms with Crippen LogP contribution in [0.5, 0.6) is 11.5 Å². The summed E-state index contributed by atoms with van der Waals surface area (Å²) in [4.78, 5) is 36.0. The number of rotatable bonds is 9. The molecule has 0 radical (unpaired) electrons. The Kier molecular flexibility index (Phi) is 8.51. The summed E-state index contributed by atoms with van der Waals surface area (Å²) in [6.45, 7) is 6.73. The van der Waals surface area contributed by atoms with Gasteiger partial charge in [-0.3, -0.25) is 14.2 Å². The van der Waals surface area contributed by atoms with Gasteiger partial charge >= 0.3 is 0 Å². The van der Waals surface area contributed by atoms with Crippen molar-refractivity contribution in [3.8, 4) is 11.5 Å². The molecule has 1 aliphatic rings. The second-order valence-electron chi connectivity index (χ2n) is 9.24. The van der Waals surface area contributed by atoms with E-state index in [1.807, 2.05) is 69.3 Å². The van der Waals surface area contributed by atoms with Crippen LogP contribution in [0, 0.1) is 0 Å². The number of carbonyl (C=O) groups is 1. The van der Waals surface area contributed by atoms with Crippen molar-refractivity contribution >= 4 is 35.1 Å². The minimum atomic E-state index is -0.757. The number of allylic oxidation sites excluding steroid dienone is 1. The summed E-state index contributed by atoms with van der Waals surface area (Å²) in [5.41, 5.74) is 1.36. The van der Waals surface area contributed by atoms with E-state index in [0.29, 0.717) is 56.5 Å². The highest BCUT2D eigenvalue weighted by molar-refractivity contribution is 7.99. The molecule has 0 spiro atoms. The highest BCUT2D eigenvalue weighted by Crippen LogP contribution is 2.38. The number of hydrogen-bond donors (Lipinski definition) is 0. The van der Waals surface area contributed by atoms with E-state index >= 15 is 0 Å². The molecule has 1 amide bonds. The molecular formula is C31H31N3O5S2. The van der Waals surface area contributed by atoms with E-state index in [4.69, 9.17) is 18.9 Å². The van der Waals surface area contributed by atoms with E-state index in [2.05, 4.69) is 0 Å². The average Bonchev–Trinajstić information content (AvgIpc) is 3.55. The normalized spacial score (nSPS) is 15.0. The molecule has 1 atom stereocenters. The zero-order valence-electron chi connectivity index (χ0n) is 23.5. The number of fused-ring (bicyclic) bond motifs is 1. The Balaban J connectivity index is 1.66. The number of furan rings is 1. The smallest absolute Gasteiger partial charge is 0.271 e. The van der Waals surface area contributed by atoms with E-state index in [1.165, 1.54) is 23.1 Å². The Morgan fingerprint density at radius 3 is 2.54 bits per heavy atom. The summed E-state index contributed by atoms with van der Waals surface area (Å²) in [5.74, 6) is 1.51. The third-order valence-electron chi connectivity index (χ3n) is 6.87. The molecule has 0 unspecified atom stereocenters. The van der Waals surface area contributed by atoms with E-state index in [-0.39, 0.29) is 11.5 Å². The van der Waals surface area contributed by atoms with Gasteiger partial charge in [-0.15, -0.1) is 0 Å². The van der Waals surface area contributed by atoms with Gasteiger partial charge in [0.2, 0.25) is 0 Å². The quantitative estimate of drug-likeness (QED) is 0.277. The Labute approximate surface area is 246 Å². The fourth-order valence-electron chi connectivity index (χ4n) is 4.82. The van der Waals surface area contributed by atoms with Crippen LogP contribution in [-0.2, 0) is 4.79 Å². The van der Waals surface area contributed by atoms with Crippen molar-refractivity contribution in [1.29, 1.82) is 0 Å². The highest BCUT2D eigenvalue weighted by atomic mass is 32.2. The molecular weight excluding hydrogens is 558 g/mol. The first kappa shape index (κ1) is 28.5. The van der Waals surface area contributed by atoms with Gasteiger partial charge in [0.25, 0.3) is 11.5 Å². The van der Waals surface area contributed by atoms with E-state index in [9.17, 15) is 9.59 Å². The van der Waals surface area contributed by atoms with Crippen molar-refractivity contribution in [3.63, 3.8) is 0 Å². The zero-order valence-corrected chi connectivity index (χ0v) is 25.2. The first-order valence-corrected chi connectivity index (χ1v) is 14.9. The molecule has 41 heavy (non-hydrogen) atoms. The lowest BCUT2D eigenvalue weighted by molar-refractivity contribution is -0.127. The molecule has 4 aromatic rings. The third-order valence-corrected chi connectivity index (χ3v) is 8.78. The SMILES string of the molecule is CCN(CC)C(=O)C1=C(C)N=c2s/c(=C/c3ccc(Sc4ccccc4)o3)c(=O)n2[C@@H]1c1cc(OC)ccc1OC. The zero-order chi connectivity index (χ0) is 29.1. The fourth-order valence-corrected chi connectivity index (χ4v) is 6.65. The van der Waals surface area contributed by atoms with Crippen LogP contribution in [0.15, 0.2) is 96.1 Å². The van der Waals surface area contributed by atoms with Gasteiger partial charge in [-0.25, -0.2) is 4.99 Å². The third kappa shape index (κ3) is 5.62. The number of methoxy groups -OCH3 is 2. The molecule has 0 aliphatic carbocycles. The number of amides is 1. The van der Waals surface area contributed by atoms with Crippen LogP contribution in [0.25, 0.3) is 6.08 Å². The van der Waals surface area contributed by atoms with Gasteiger partial charge in [0.1, 0.15) is 23.3 Å². The van der Waals surface area contributed by atoms with Crippen LogP contribution >= 0.6 is 23.1 Å². The van der Waals surface area contributed by atoms with E-state index in [1.54, 1.807) is 41.9 Å². The lowest BCUT2D eigenvalue weighted by atomic mass is 9.93. The maximum Gasteiger partial charge on any atom is 0.271 e. The Hall–Kier alpha value is -4.02. The maximum atomic E-state index is 14.1. The fraction of sp³-hybridized carbons (Fsp3) is 0.258. The van der Waals surface area contributed by atoms with Gasteiger partial charge in [-0.05, 0) is 63.2 Å². The number of ether oxygens (including phenoxy) is 2. The van der Waals surface area contributed by atoms with Crippen molar-refractivity contribution in [1.82, 2.24) is 9.47 Å². The predicted octanol–water partition coefficient (Wildman–Crippen LogP) is 4.87. The monoisotopic (exact) mass is 589 g/mol. The van der Waals surface area contributed by atoms with Gasteiger partial charge < -0.3 is 18.8 Å². The summed E-state index contributed by atoms with van der Waals surface area (Å²) in [5, 5.41) is 0.720. The molecule has 3 heterocycles. The molecule has 5 rings (SSSR count). The molecule has 8 nitrogen and oxygen atoms in total. The highest BCUT2D eigenvalue weighted by Gasteiger charge is 2.36. The summed E-state index contributed by atoms with van der Waals surface area (Å²) in [6, 6.07) is 18.3. The van der Waals surface area contributed by atoms with Crippen LogP contribution in [0.3, 0.4) is 0 Å². The molecule has 2 aromatic carbocycles. The average molecular weight is 590 g/mol. The lowest BCUT2D eigenvalue weighted by Gasteiger charge is -2.30. The number of nitrogens with zero attached hydrogens (tertiary/aromatic N) is 3. The summed E-state index contributed by atoms with van der Waals surface area (Å²) in [7, 11) is 3.15. The summed E-state index contributed by atoms with van der Waals surface area (Å²) in [6.07, 6.45) is 1.73. The standard InChI is InChI=1S/C31H31N3O5S2/c1-6-33(7-2)30(36)27-19(3)32-31-34(28(27)23-17-20(37-4)13-15-24(23)38-5)29(35)25(41-31)18-21-14-16-26(39-21)40-22-11-9-8-10-12-22/h8-18,28H,6-7H2,1-5H3/b25-18+/t28-/m1/s1. The number of thiazole rings is 1. The number of benzene rings is 2. The molecule has 2 aromatic heterocycles. The van der Waals surface area contributed by atoms with Crippen molar-refractivity contribution in [2.75, 3.05) is 27.3 Å². The molecule has 0 N–H and O–H groups in total. The maximum absolute atomic E-state index is 14.1. The first-order valence-electron chi connectivity index (χ1n) is 13.2. The molecule has 0 saturated heterocycles. The molecule has 212 valence electrons. The Bertz CT molecular complexity index is 1780. The topological polar surface area (TPSA) is 86.3 Å². The van der Waals surface area contributed by atoms with E-state index < -0.39 is 6.04 Å². The van der Waals surface area contributed by atoms with Gasteiger partial charge in [0.15, 0.2) is 9.89 Å².